The molecule has 1 fully saturated rings. The maximum atomic E-state index is 13.1. The Morgan fingerprint density at radius 1 is 1.20 bits per heavy atom. The van der Waals surface area contributed by atoms with E-state index in [-0.39, 0.29) is 44.2 Å². The van der Waals surface area contributed by atoms with Crippen molar-refractivity contribution in [3.05, 3.63) is 29.8 Å². The molecule has 25 heavy (non-hydrogen) atoms. The van der Waals surface area contributed by atoms with Gasteiger partial charge in [-0.1, -0.05) is 0 Å². The second kappa shape index (κ2) is 7.53. The molecule has 138 valence electrons. The fourth-order valence-electron chi connectivity index (χ4n) is 2.87. The van der Waals surface area contributed by atoms with Gasteiger partial charge in [0, 0.05) is 31.5 Å². The van der Waals surface area contributed by atoms with Crippen LogP contribution in [0, 0.1) is 0 Å². The molecule has 1 N–H and O–H groups in total. The van der Waals surface area contributed by atoms with Crippen LogP contribution in [-0.2, 0) is 9.53 Å². The zero-order chi connectivity index (χ0) is 18.7. The summed E-state index contributed by atoms with van der Waals surface area (Å²) in [6, 6.07) is 6.44. The first-order valence-corrected chi connectivity index (χ1v) is 7.92. The van der Waals surface area contributed by atoms with Gasteiger partial charge in [-0.05, 0) is 44.0 Å². The molecule has 8 heteroatoms. The fourth-order valence-corrected chi connectivity index (χ4v) is 2.87. The third-order valence-electron chi connectivity index (χ3n) is 4.51. The van der Waals surface area contributed by atoms with Gasteiger partial charge in [-0.2, -0.15) is 13.2 Å². The number of Topliss-reactive ketones (excluding diaryl/α,β-unsaturated/α-hetero) is 1. The number of ether oxygens (including phenoxy) is 1. The number of ketones is 1. The number of piperidine rings is 1. The predicted octanol–water partition coefficient (Wildman–Crippen LogP) is 2.87. The van der Waals surface area contributed by atoms with Crippen LogP contribution in [-0.4, -0.2) is 55.1 Å². The zero-order valence-electron chi connectivity index (χ0n) is 14.2. The van der Waals surface area contributed by atoms with Crippen molar-refractivity contribution >= 4 is 17.4 Å². The lowest BCUT2D eigenvalue weighted by atomic mass is 9.90. The first kappa shape index (κ1) is 19.4. The predicted molar refractivity (Wildman–Crippen MR) is 86.5 cm³/mol. The number of carbonyl (C=O) groups excluding carboxylic acids is 2. The Kier molecular flexibility index (Phi) is 5.84. The van der Waals surface area contributed by atoms with Crippen LogP contribution >= 0.6 is 0 Å². The normalized spacial score (nSPS) is 18.0. The Balaban J connectivity index is 1.87. The smallest absolute Gasteiger partial charge is 0.369 e. The summed E-state index contributed by atoms with van der Waals surface area (Å²) >= 11 is 0. The molecule has 1 amide bonds. The van der Waals surface area contributed by atoms with Crippen molar-refractivity contribution in [2.45, 2.75) is 31.5 Å². The number of halogens is 3. The second-order valence-electron chi connectivity index (χ2n) is 6.15. The van der Waals surface area contributed by atoms with Gasteiger partial charge in [0.05, 0.1) is 6.54 Å². The number of likely N-dealkylation sites (tertiary alicyclic amines) is 1. The van der Waals surface area contributed by atoms with Crippen molar-refractivity contribution in [3.8, 4) is 0 Å². The number of benzene rings is 1. The molecular formula is C17H21F3N2O3. The van der Waals surface area contributed by atoms with E-state index < -0.39 is 11.8 Å². The van der Waals surface area contributed by atoms with E-state index >= 15 is 0 Å². The molecule has 2 rings (SSSR count). The first-order chi connectivity index (χ1) is 11.7. The van der Waals surface area contributed by atoms with Crippen molar-refractivity contribution in [3.63, 3.8) is 0 Å². The second-order valence-corrected chi connectivity index (χ2v) is 6.15. The lowest BCUT2D eigenvalue weighted by Gasteiger charge is -2.41. The number of hydrogen-bond donors (Lipinski definition) is 1. The highest BCUT2D eigenvalue weighted by molar-refractivity contribution is 5.96. The maximum Gasteiger partial charge on any atom is 0.417 e. The van der Waals surface area contributed by atoms with Crippen molar-refractivity contribution in [1.29, 1.82) is 0 Å². The number of methoxy groups -OCH3 is 1. The quantitative estimate of drug-likeness (QED) is 0.823. The van der Waals surface area contributed by atoms with E-state index in [1.165, 1.54) is 6.92 Å². The van der Waals surface area contributed by atoms with Gasteiger partial charge in [0.25, 0.3) is 0 Å². The summed E-state index contributed by atoms with van der Waals surface area (Å²) in [6.45, 7) is 1.71. The molecule has 0 radical (unpaired) electrons. The summed E-state index contributed by atoms with van der Waals surface area (Å²) in [5.41, 5.74) is -1.05. The van der Waals surface area contributed by atoms with Crippen LogP contribution in [0.5, 0.6) is 0 Å². The Bertz CT molecular complexity index is 621. The van der Waals surface area contributed by atoms with Gasteiger partial charge in [0.2, 0.25) is 5.91 Å². The molecule has 1 aliphatic rings. The van der Waals surface area contributed by atoms with E-state index in [9.17, 15) is 22.8 Å². The Labute approximate surface area is 144 Å². The first-order valence-electron chi connectivity index (χ1n) is 7.92. The van der Waals surface area contributed by atoms with Crippen molar-refractivity contribution in [1.82, 2.24) is 4.90 Å². The van der Waals surface area contributed by atoms with Crippen molar-refractivity contribution < 1.29 is 27.5 Å². The minimum absolute atomic E-state index is 0.00606. The number of amides is 1. The van der Waals surface area contributed by atoms with E-state index in [1.54, 1.807) is 29.2 Å². The third-order valence-corrected chi connectivity index (χ3v) is 4.51. The number of hydrogen-bond acceptors (Lipinski definition) is 4. The molecule has 0 bridgehead atoms. The number of nitrogens with one attached hydrogen (secondary N) is 1. The molecule has 5 nitrogen and oxygen atoms in total. The fraction of sp³-hybridized carbons (Fsp3) is 0.529. The molecule has 0 unspecified atom stereocenters. The van der Waals surface area contributed by atoms with Gasteiger partial charge in [-0.15, -0.1) is 0 Å². The lowest BCUT2D eigenvalue weighted by molar-refractivity contribution is -0.282. The highest BCUT2D eigenvalue weighted by Gasteiger charge is 2.56. The number of nitrogens with zero attached hydrogens (tertiary/aromatic N) is 1. The number of anilines is 1. The van der Waals surface area contributed by atoms with Crippen LogP contribution in [0.15, 0.2) is 24.3 Å². The van der Waals surface area contributed by atoms with Gasteiger partial charge in [-0.3, -0.25) is 14.5 Å². The van der Waals surface area contributed by atoms with Gasteiger partial charge < -0.3 is 10.1 Å². The minimum Gasteiger partial charge on any atom is -0.369 e. The van der Waals surface area contributed by atoms with Gasteiger partial charge in [-0.25, -0.2) is 0 Å². The SMILES string of the molecule is COC1(C(F)(F)F)CCN(CC(=O)Nc2ccc(C(C)=O)cc2)CC1. The summed E-state index contributed by atoms with van der Waals surface area (Å²) in [7, 11) is 1.07. The summed E-state index contributed by atoms with van der Waals surface area (Å²) in [4.78, 5) is 24.9. The average molecular weight is 358 g/mol. The summed E-state index contributed by atoms with van der Waals surface area (Å²) in [6.07, 6.45) is -4.82. The highest BCUT2D eigenvalue weighted by Crippen LogP contribution is 2.41. The van der Waals surface area contributed by atoms with Crippen molar-refractivity contribution in [2.75, 3.05) is 32.1 Å². The summed E-state index contributed by atoms with van der Waals surface area (Å²) in [5.74, 6) is -0.384. The topological polar surface area (TPSA) is 58.6 Å². The lowest BCUT2D eigenvalue weighted by Crippen LogP contribution is -2.55. The molecular weight excluding hydrogens is 337 g/mol. The van der Waals surface area contributed by atoms with Crippen LogP contribution in [0.25, 0.3) is 0 Å². The molecule has 1 aromatic carbocycles. The van der Waals surface area contributed by atoms with Crippen LogP contribution in [0.4, 0.5) is 18.9 Å². The molecule has 1 heterocycles. The van der Waals surface area contributed by atoms with Gasteiger partial charge in [0.1, 0.15) is 0 Å². The molecule has 0 aromatic heterocycles. The Morgan fingerprint density at radius 3 is 2.20 bits per heavy atom. The molecule has 1 aromatic rings. The average Bonchev–Trinajstić information content (AvgIpc) is 2.55. The van der Waals surface area contributed by atoms with E-state index in [2.05, 4.69) is 5.32 Å². The van der Waals surface area contributed by atoms with Gasteiger partial charge >= 0.3 is 6.18 Å². The summed E-state index contributed by atoms with van der Waals surface area (Å²) in [5, 5.41) is 2.67. The third kappa shape index (κ3) is 4.58. The minimum atomic E-state index is -4.42. The molecule has 0 aliphatic carbocycles. The largest absolute Gasteiger partial charge is 0.417 e. The standard InChI is InChI=1S/C17H21F3N2O3/c1-12(23)13-3-5-14(6-4-13)21-15(24)11-22-9-7-16(25-2,8-10-22)17(18,19)20/h3-6H,7-11H2,1-2H3,(H,21,24). The van der Waals surface area contributed by atoms with Crippen LogP contribution < -0.4 is 5.32 Å². The van der Waals surface area contributed by atoms with Gasteiger partial charge in [0.15, 0.2) is 11.4 Å². The molecule has 0 spiro atoms. The van der Waals surface area contributed by atoms with E-state index in [0.717, 1.165) is 7.11 Å². The Morgan fingerprint density at radius 2 is 1.76 bits per heavy atom. The summed E-state index contributed by atoms with van der Waals surface area (Å²) < 4.78 is 44.1. The molecule has 0 saturated carbocycles. The number of alkyl halides is 3. The molecule has 1 aliphatic heterocycles. The number of carbonyl (C=O) groups is 2. The zero-order valence-corrected chi connectivity index (χ0v) is 14.2. The maximum absolute atomic E-state index is 13.1. The highest BCUT2D eigenvalue weighted by atomic mass is 19.4. The molecule has 0 atom stereocenters. The van der Waals surface area contributed by atoms with Crippen LogP contribution in [0.2, 0.25) is 0 Å². The monoisotopic (exact) mass is 358 g/mol. The number of rotatable bonds is 5. The van der Waals surface area contributed by atoms with E-state index in [4.69, 9.17) is 4.74 Å². The van der Waals surface area contributed by atoms with E-state index in [1.807, 2.05) is 0 Å². The molecule has 1 saturated heterocycles. The Hall–Kier alpha value is -1.93. The van der Waals surface area contributed by atoms with Crippen LogP contribution in [0.1, 0.15) is 30.1 Å². The van der Waals surface area contributed by atoms with Crippen LogP contribution in [0.3, 0.4) is 0 Å². The van der Waals surface area contributed by atoms with Crippen molar-refractivity contribution in [2.24, 2.45) is 0 Å². The van der Waals surface area contributed by atoms with E-state index in [0.29, 0.717) is 11.3 Å².